The number of rotatable bonds is 5. The number of carbonyl (C=O) groups excluding carboxylic acids is 1. The lowest BCUT2D eigenvalue weighted by molar-refractivity contribution is -0.116. The Balaban J connectivity index is 2.56. The van der Waals surface area contributed by atoms with Gasteiger partial charge in [0.05, 0.1) is 3.57 Å². The molecular weight excluding hydrogens is 329 g/mol. The standard InChI is InChI=1S/C12H16IN3O/c1-4-5-6-7-11(17)14-12-10(13)8-16(15-12)9(2)3/h1,8-9H,5-7H2,2-3H3,(H,14,15,17). The average Bonchev–Trinajstić information content (AvgIpc) is 2.61. The van der Waals surface area contributed by atoms with E-state index < -0.39 is 0 Å². The highest BCUT2D eigenvalue weighted by Crippen LogP contribution is 2.18. The van der Waals surface area contributed by atoms with Gasteiger partial charge < -0.3 is 5.32 Å². The van der Waals surface area contributed by atoms with E-state index in [1.54, 1.807) is 0 Å². The van der Waals surface area contributed by atoms with Crippen molar-refractivity contribution in [2.75, 3.05) is 5.32 Å². The molecule has 0 saturated carbocycles. The second-order valence-electron chi connectivity index (χ2n) is 4.01. The number of amides is 1. The van der Waals surface area contributed by atoms with Gasteiger partial charge in [-0.1, -0.05) is 0 Å². The van der Waals surface area contributed by atoms with Crippen LogP contribution in [0.1, 0.15) is 39.2 Å². The maximum absolute atomic E-state index is 11.6. The van der Waals surface area contributed by atoms with Crippen molar-refractivity contribution < 1.29 is 4.79 Å². The van der Waals surface area contributed by atoms with E-state index in [9.17, 15) is 4.79 Å². The van der Waals surface area contributed by atoms with Gasteiger partial charge in [0.2, 0.25) is 5.91 Å². The van der Waals surface area contributed by atoms with Gasteiger partial charge in [-0.05, 0) is 42.9 Å². The lowest BCUT2D eigenvalue weighted by Crippen LogP contribution is -2.12. The highest BCUT2D eigenvalue weighted by Gasteiger charge is 2.11. The van der Waals surface area contributed by atoms with E-state index in [-0.39, 0.29) is 11.9 Å². The van der Waals surface area contributed by atoms with Crippen LogP contribution in [0.4, 0.5) is 5.82 Å². The third-order valence-corrected chi connectivity index (χ3v) is 2.99. The molecule has 1 heterocycles. The first-order valence-corrected chi connectivity index (χ1v) is 6.60. The predicted molar refractivity (Wildman–Crippen MR) is 76.6 cm³/mol. The topological polar surface area (TPSA) is 46.9 Å². The zero-order valence-electron chi connectivity index (χ0n) is 10.0. The van der Waals surface area contributed by atoms with E-state index in [0.717, 1.165) is 3.57 Å². The molecule has 0 fully saturated rings. The molecule has 1 amide bonds. The predicted octanol–water partition coefficient (Wildman–Crippen LogP) is 2.81. The first-order valence-electron chi connectivity index (χ1n) is 5.52. The number of nitrogens with one attached hydrogen (secondary N) is 1. The van der Waals surface area contributed by atoms with Crippen molar-refractivity contribution >= 4 is 34.3 Å². The number of anilines is 1. The lowest BCUT2D eigenvalue weighted by atomic mass is 10.2. The molecule has 0 bridgehead atoms. The Bertz CT molecular complexity index is 431. The summed E-state index contributed by atoms with van der Waals surface area (Å²) < 4.78 is 2.78. The summed E-state index contributed by atoms with van der Waals surface area (Å²) in [6.45, 7) is 4.09. The Kier molecular flexibility index (Phi) is 5.48. The molecule has 4 nitrogen and oxygen atoms in total. The van der Waals surface area contributed by atoms with Gasteiger partial charge in [-0.25, -0.2) is 0 Å². The van der Waals surface area contributed by atoms with Crippen molar-refractivity contribution in [1.29, 1.82) is 0 Å². The van der Waals surface area contributed by atoms with Crippen LogP contribution < -0.4 is 5.32 Å². The second-order valence-corrected chi connectivity index (χ2v) is 5.17. The molecule has 0 radical (unpaired) electrons. The SMILES string of the molecule is C#CCCCC(=O)Nc1nn(C(C)C)cc1I. The van der Waals surface area contributed by atoms with Crippen LogP contribution in [0, 0.1) is 15.9 Å². The quantitative estimate of drug-likeness (QED) is 0.507. The molecule has 0 unspecified atom stereocenters. The summed E-state index contributed by atoms with van der Waals surface area (Å²) in [4.78, 5) is 11.6. The van der Waals surface area contributed by atoms with E-state index >= 15 is 0 Å². The highest BCUT2D eigenvalue weighted by molar-refractivity contribution is 14.1. The minimum Gasteiger partial charge on any atom is -0.308 e. The molecule has 1 aromatic rings. The number of unbranched alkanes of at least 4 members (excludes halogenated alkanes) is 1. The van der Waals surface area contributed by atoms with E-state index in [1.807, 2.05) is 24.7 Å². The van der Waals surface area contributed by atoms with Crippen molar-refractivity contribution in [2.45, 2.75) is 39.2 Å². The number of terminal acetylenes is 1. The smallest absolute Gasteiger partial charge is 0.225 e. The average molecular weight is 345 g/mol. The molecule has 92 valence electrons. The Morgan fingerprint density at radius 1 is 1.71 bits per heavy atom. The van der Waals surface area contributed by atoms with Gasteiger partial charge in [-0.15, -0.1) is 12.3 Å². The fourth-order valence-electron chi connectivity index (χ4n) is 1.26. The summed E-state index contributed by atoms with van der Waals surface area (Å²) >= 11 is 2.16. The van der Waals surface area contributed by atoms with Gasteiger partial charge in [-0.3, -0.25) is 9.48 Å². The minimum atomic E-state index is -0.0350. The summed E-state index contributed by atoms with van der Waals surface area (Å²) in [6, 6.07) is 0.288. The molecule has 0 aliphatic rings. The van der Waals surface area contributed by atoms with Crippen LogP contribution in [-0.4, -0.2) is 15.7 Å². The number of hydrogen-bond acceptors (Lipinski definition) is 2. The summed E-state index contributed by atoms with van der Waals surface area (Å²) in [7, 11) is 0. The van der Waals surface area contributed by atoms with Crippen molar-refractivity contribution in [3.63, 3.8) is 0 Å². The molecule has 1 rings (SSSR count). The van der Waals surface area contributed by atoms with Gasteiger partial charge in [0.25, 0.3) is 0 Å². The van der Waals surface area contributed by atoms with Gasteiger partial charge in [-0.2, -0.15) is 5.10 Å². The highest BCUT2D eigenvalue weighted by atomic mass is 127. The Morgan fingerprint density at radius 2 is 2.41 bits per heavy atom. The fraction of sp³-hybridized carbons (Fsp3) is 0.500. The van der Waals surface area contributed by atoms with Crippen LogP contribution in [0.25, 0.3) is 0 Å². The maximum Gasteiger partial charge on any atom is 0.225 e. The molecule has 17 heavy (non-hydrogen) atoms. The number of halogens is 1. The minimum absolute atomic E-state index is 0.0350. The molecule has 1 aromatic heterocycles. The van der Waals surface area contributed by atoms with Gasteiger partial charge >= 0.3 is 0 Å². The van der Waals surface area contributed by atoms with Gasteiger partial charge in [0.15, 0.2) is 5.82 Å². The monoisotopic (exact) mass is 345 g/mol. The molecule has 0 aromatic carbocycles. The van der Waals surface area contributed by atoms with Crippen LogP contribution in [0.3, 0.4) is 0 Å². The largest absolute Gasteiger partial charge is 0.308 e. The molecular formula is C12H16IN3O. The first-order chi connectivity index (χ1) is 8.04. The third-order valence-electron chi connectivity index (χ3n) is 2.20. The Hall–Kier alpha value is -1.03. The normalized spacial score (nSPS) is 10.3. The Morgan fingerprint density at radius 3 is 2.94 bits per heavy atom. The lowest BCUT2D eigenvalue weighted by Gasteiger charge is -2.04. The molecule has 0 atom stereocenters. The molecule has 0 saturated heterocycles. The number of aromatic nitrogens is 2. The molecule has 5 heteroatoms. The van der Waals surface area contributed by atoms with Crippen molar-refractivity contribution in [1.82, 2.24) is 9.78 Å². The Labute approximate surface area is 115 Å². The summed E-state index contributed by atoms with van der Waals surface area (Å²) in [6.07, 6.45) is 8.83. The number of hydrogen-bond donors (Lipinski definition) is 1. The molecule has 0 spiro atoms. The van der Waals surface area contributed by atoms with E-state index in [1.165, 1.54) is 0 Å². The van der Waals surface area contributed by atoms with Crippen molar-refractivity contribution in [3.8, 4) is 12.3 Å². The van der Waals surface area contributed by atoms with Crippen molar-refractivity contribution in [2.24, 2.45) is 0 Å². The van der Waals surface area contributed by atoms with Gasteiger partial charge in [0, 0.05) is 25.1 Å². The molecule has 0 aliphatic heterocycles. The maximum atomic E-state index is 11.6. The summed E-state index contributed by atoms with van der Waals surface area (Å²) in [5, 5.41) is 7.11. The van der Waals surface area contributed by atoms with Crippen LogP contribution in [0.2, 0.25) is 0 Å². The van der Waals surface area contributed by atoms with Crippen LogP contribution >= 0.6 is 22.6 Å². The van der Waals surface area contributed by atoms with Crippen LogP contribution in [0.15, 0.2) is 6.20 Å². The van der Waals surface area contributed by atoms with E-state index in [2.05, 4.69) is 38.9 Å². The van der Waals surface area contributed by atoms with E-state index in [0.29, 0.717) is 25.1 Å². The van der Waals surface area contributed by atoms with Crippen LogP contribution in [0.5, 0.6) is 0 Å². The zero-order valence-corrected chi connectivity index (χ0v) is 12.2. The first kappa shape index (κ1) is 14.0. The molecule has 1 N–H and O–H groups in total. The second kappa shape index (κ2) is 6.64. The third kappa shape index (κ3) is 4.38. The zero-order chi connectivity index (χ0) is 12.8. The number of carbonyl (C=O) groups is 1. The van der Waals surface area contributed by atoms with Crippen LogP contribution in [-0.2, 0) is 4.79 Å². The van der Waals surface area contributed by atoms with E-state index in [4.69, 9.17) is 6.42 Å². The van der Waals surface area contributed by atoms with Crippen molar-refractivity contribution in [3.05, 3.63) is 9.77 Å². The number of nitrogens with zero attached hydrogens (tertiary/aromatic N) is 2. The summed E-state index contributed by atoms with van der Waals surface area (Å²) in [5.74, 6) is 3.11. The summed E-state index contributed by atoms with van der Waals surface area (Å²) in [5.41, 5.74) is 0. The fourth-order valence-corrected chi connectivity index (χ4v) is 1.79. The van der Waals surface area contributed by atoms with Gasteiger partial charge in [0.1, 0.15) is 0 Å². The molecule has 0 aliphatic carbocycles.